The molecule has 0 spiro atoms. The molecule has 0 aliphatic carbocycles. The van der Waals surface area contributed by atoms with Crippen molar-refractivity contribution in [1.29, 1.82) is 0 Å². The highest BCUT2D eigenvalue weighted by molar-refractivity contribution is 5.94. The summed E-state index contributed by atoms with van der Waals surface area (Å²) < 4.78 is 5.04. The number of carbonyl (C=O) groups excluding carboxylic acids is 1. The Labute approximate surface area is 139 Å². The minimum atomic E-state index is -1.08. The molecule has 0 aliphatic rings. The van der Waals surface area contributed by atoms with Crippen LogP contribution < -0.4 is 15.4 Å². The minimum Gasteiger partial charge on any atom is -0.497 e. The molecular weight excluding hydrogens is 310 g/mol. The molecule has 1 unspecified atom stereocenters. The van der Waals surface area contributed by atoms with Gasteiger partial charge >= 0.3 is 5.97 Å². The van der Waals surface area contributed by atoms with E-state index in [1.165, 1.54) is 0 Å². The first-order valence-corrected chi connectivity index (χ1v) is 7.37. The molecule has 1 aromatic carbocycles. The maximum absolute atomic E-state index is 12.0. The number of hydrogen-bond acceptors (Lipinski definition) is 5. The predicted octanol–water partition coefficient (Wildman–Crippen LogP) is 1.66. The van der Waals surface area contributed by atoms with Crippen molar-refractivity contribution in [1.82, 2.24) is 10.3 Å². The third-order valence-electron chi connectivity index (χ3n) is 3.34. The summed E-state index contributed by atoms with van der Waals surface area (Å²) in [6.07, 6.45) is 3.10. The summed E-state index contributed by atoms with van der Waals surface area (Å²) in [6.45, 7) is 0.320. The molecule has 1 heterocycles. The summed E-state index contributed by atoms with van der Waals surface area (Å²) >= 11 is 0. The van der Waals surface area contributed by atoms with Crippen LogP contribution in [0.2, 0.25) is 0 Å². The molecule has 0 bridgehead atoms. The zero-order valence-electron chi connectivity index (χ0n) is 13.2. The predicted molar refractivity (Wildman–Crippen MR) is 88.7 cm³/mol. The molecule has 7 heteroatoms. The number of nitrogens with zero attached hydrogens (tertiary/aromatic N) is 1. The highest BCUT2D eigenvalue weighted by Gasteiger charge is 2.20. The van der Waals surface area contributed by atoms with Crippen LogP contribution in [-0.2, 0) is 16.1 Å². The van der Waals surface area contributed by atoms with Crippen molar-refractivity contribution in [2.75, 3.05) is 12.4 Å². The van der Waals surface area contributed by atoms with Gasteiger partial charge in [-0.05, 0) is 35.9 Å². The molecule has 0 radical (unpaired) electrons. The van der Waals surface area contributed by atoms with Gasteiger partial charge in [-0.1, -0.05) is 6.07 Å². The number of hydrogen-bond donors (Lipinski definition) is 3. The van der Waals surface area contributed by atoms with Crippen LogP contribution in [0.3, 0.4) is 0 Å². The van der Waals surface area contributed by atoms with Gasteiger partial charge in [-0.15, -0.1) is 0 Å². The first kappa shape index (κ1) is 17.4. The third kappa shape index (κ3) is 5.36. The van der Waals surface area contributed by atoms with Gasteiger partial charge in [0.1, 0.15) is 11.8 Å². The zero-order chi connectivity index (χ0) is 17.4. The number of benzene rings is 1. The van der Waals surface area contributed by atoms with E-state index < -0.39 is 12.0 Å². The lowest BCUT2D eigenvalue weighted by Crippen LogP contribution is -2.39. The van der Waals surface area contributed by atoms with E-state index in [0.717, 1.165) is 5.56 Å². The summed E-state index contributed by atoms with van der Waals surface area (Å²) in [5.74, 6) is -0.787. The molecule has 0 saturated heterocycles. The number of carbonyl (C=O) groups is 2. The lowest BCUT2D eigenvalue weighted by Gasteiger charge is -2.14. The number of anilines is 1. The number of carboxylic acid groups (broad SMARTS) is 1. The van der Waals surface area contributed by atoms with Gasteiger partial charge in [0.15, 0.2) is 0 Å². The molecule has 24 heavy (non-hydrogen) atoms. The van der Waals surface area contributed by atoms with Crippen LogP contribution in [-0.4, -0.2) is 35.1 Å². The number of carboxylic acids is 1. The van der Waals surface area contributed by atoms with Gasteiger partial charge < -0.3 is 15.2 Å². The van der Waals surface area contributed by atoms with E-state index >= 15 is 0 Å². The fraction of sp³-hybridized carbons (Fsp3) is 0.235. The first-order chi connectivity index (χ1) is 11.6. The quantitative estimate of drug-likeness (QED) is 0.681. The van der Waals surface area contributed by atoms with E-state index in [-0.39, 0.29) is 12.3 Å². The number of ether oxygens (including phenoxy) is 1. The maximum atomic E-state index is 12.0. The summed E-state index contributed by atoms with van der Waals surface area (Å²) in [6, 6.07) is 9.42. The lowest BCUT2D eigenvalue weighted by molar-refractivity contribution is -0.141. The van der Waals surface area contributed by atoms with Crippen LogP contribution >= 0.6 is 0 Å². The Kier molecular flexibility index (Phi) is 6.27. The second kappa shape index (κ2) is 8.64. The van der Waals surface area contributed by atoms with Crippen molar-refractivity contribution in [3.05, 3.63) is 54.4 Å². The summed E-state index contributed by atoms with van der Waals surface area (Å²) in [4.78, 5) is 27.3. The fourth-order valence-corrected chi connectivity index (χ4v) is 2.06. The Balaban J connectivity index is 1.89. The number of aliphatic carboxylic acids is 1. The fourth-order valence-electron chi connectivity index (χ4n) is 2.06. The van der Waals surface area contributed by atoms with Crippen LogP contribution in [0.4, 0.5) is 5.69 Å². The molecule has 0 saturated carbocycles. The van der Waals surface area contributed by atoms with Crippen LogP contribution in [0.15, 0.2) is 48.8 Å². The topological polar surface area (TPSA) is 101 Å². The lowest BCUT2D eigenvalue weighted by atomic mass is 10.1. The molecule has 126 valence electrons. The van der Waals surface area contributed by atoms with E-state index in [0.29, 0.717) is 18.0 Å². The second-order valence-electron chi connectivity index (χ2n) is 5.11. The van der Waals surface area contributed by atoms with E-state index in [9.17, 15) is 14.7 Å². The molecule has 0 fully saturated rings. The van der Waals surface area contributed by atoms with Crippen molar-refractivity contribution in [3.8, 4) is 5.75 Å². The van der Waals surface area contributed by atoms with E-state index in [4.69, 9.17) is 4.74 Å². The number of rotatable bonds is 8. The summed E-state index contributed by atoms with van der Waals surface area (Å²) in [7, 11) is 1.55. The molecule has 0 aliphatic heterocycles. The largest absolute Gasteiger partial charge is 0.497 e. The van der Waals surface area contributed by atoms with Crippen LogP contribution in [0.5, 0.6) is 5.75 Å². The van der Waals surface area contributed by atoms with Crippen molar-refractivity contribution in [2.24, 2.45) is 0 Å². The van der Waals surface area contributed by atoms with E-state index in [1.54, 1.807) is 49.8 Å². The standard InChI is InChI=1S/C17H19N3O4/c1-24-14-6-4-13(5-7-14)20-16(21)9-15(17(22)23)19-11-12-3-2-8-18-10-12/h2-8,10,15,19H,9,11H2,1H3,(H,20,21)(H,22,23). The molecule has 2 rings (SSSR count). The number of aromatic nitrogens is 1. The van der Waals surface area contributed by atoms with Crippen molar-refractivity contribution in [2.45, 2.75) is 19.0 Å². The molecule has 2 aromatic rings. The van der Waals surface area contributed by atoms with Crippen LogP contribution in [0.1, 0.15) is 12.0 Å². The van der Waals surface area contributed by atoms with E-state index in [2.05, 4.69) is 15.6 Å². The average molecular weight is 329 g/mol. The Morgan fingerprint density at radius 3 is 2.58 bits per heavy atom. The zero-order valence-corrected chi connectivity index (χ0v) is 13.2. The first-order valence-electron chi connectivity index (χ1n) is 7.37. The van der Waals surface area contributed by atoms with Gasteiger partial charge in [0, 0.05) is 24.6 Å². The van der Waals surface area contributed by atoms with Crippen LogP contribution in [0.25, 0.3) is 0 Å². The summed E-state index contributed by atoms with van der Waals surface area (Å²) in [5.41, 5.74) is 1.43. The minimum absolute atomic E-state index is 0.179. The van der Waals surface area contributed by atoms with Gasteiger partial charge in [-0.2, -0.15) is 0 Å². The smallest absolute Gasteiger partial charge is 0.321 e. The van der Waals surface area contributed by atoms with Crippen LogP contribution in [0, 0.1) is 0 Å². The van der Waals surface area contributed by atoms with Gasteiger partial charge in [-0.3, -0.25) is 19.9 Å². The van der Waals surface area contributed by atoms with Crippen molar-refractivity contribution in [3.63, 3.8) is 0 Å². The SMILES string of the molecule is COc1ccc(NC(=O)CC(NCc2cccnc2)C(=O)O)cc1. The van der Waals surface area contributed by atoms with Gasteiger partial charge in [0.05, 0.1) is 13.5 Å². The monoisotopic (exact) mass is 329 g/mol. The Hall–Kier alpha value is -2.93. The normalized spacial score (nSPS) is 11.5. The van der Waals surface area contributed by atoms with Gasteiger partial charge in [0.2, 0.25) is 5.91 Å². The molecule has 7 nitrogen and oxygen atoms in total. The Morgan fingerprint density at radius 1 is 1.25 bits per heavy atom. The maximum Gasteiger partial charge on any atom is 0.321 e. The highest BCUT2D eigenvalue weighted by Crippen LogP contribution is 2.15. The highest BCUT2D eigenvalue weighted by atomic mass is 16.5. The molecule has 1 amide bonds. The molecule has 1 aromatic heterocycles. The van der Waals surface area contributed by atoms with Gasteiger partial charge in [-0.25, -0.2) is 0 Å². The van der Waals surface area contributed by atoms with Gasteiger partial charge in [0.25, 0.3) is 0 Å². The van der Waals surface area contributed by atoms with E-state index in [1.807, 2.05) is 6.07 Å². The third-order valence-corrected chi connectivity index (χ3v) is 3.34. The average Bonchev–Trinajstić information content (AvgIpc) is 2.60. The number of methoxy groups -OCH3 is 1. The Morgan fingerprint density at radius 2 is 2.00 bits per heavy atom. The Bertz CT molecular complexity index is 674. The summed E-state index contributed by atoms with van der Waals surface area (Å²) in [5, 5.41) is 14.8. The van der Waals surface area contributed by atoms with Crippen molar-refractivity contribution >= 4 is 17.6 Å². The molecular formula is C17H19N3O4. The second-order valence-corrected chi connectivity index (χ2v) is 5.11. The number of pyridine rings is 1. The van der Waals surface area contributed by atoms with Crippen molar-refractivity contribution < 1.29 is 19.4 Å². The number of amides is 1. The molecule has 3 N–H and O–H groups in total. The number of nitrogens with one attached hydrogen (secondary N) is 2. The molecule has 1 atom stereocenters.